The Morgan fingerprint density at radius 3 is 2.72 bits per heavy atom. The van der Waals surface area contributed by atoms with E-state index in [-0.39, 0.29) is 12.0 Å². The molecular weight excluding hydrogens is 316 g/mol. The molecule has 2 aliphatic rings. The molecule has 25 heavy (non-hydrogen) atoms. The fraction of sp³-hybridized carbons (Fsp3) is 0.684. The minimum atomic E-state index is -0.323. The van der Waals surface area contributed by atoms with Gasteiger partial charge < -0.3 is 14.9 Å². The highest BCUT2D eigenvalue weighted by Gasteiger charge is 2.24. The number of piperidine rings is 1. The lowest BCUT2D eigenvalue weighted by Gasteiger charge is -2.36. The molecule has 3 rings (SSSR count). The number of aliphatic hydroxyl groups is 1. The number of rotatable bonds is 4. The fourth-order valence-corrected chi connectivity index (χ4v) is 3.84. The molecule has 1 aromatic rings. The Morgan fingerprint density at radius 2 is 2.04 bits per heavy atom. The summed E-state index contributed by atoms with van der Waals surface area (Å²) >= 11 is 0. The quantitative estimate of drug-likeness (QED) is 0.897. The molecule has 3 heterocycles. The van der Waals surface area contributed by atoms with Gasteiger partial charge in [0.2, 0.25) is 0 Å². The van der Waals surface area contributed by atoms with E-state index in [0.717, 1.165) is 31.0 Å². The smallest absolute Gasteiger partial charge is 0.254 e. The van der Waals surface area contributed by atoms with Crippen molar-refractivity contribution in [1.82, 2.24) is 14.8 Å². The van der Waals surface area contributed by atoms with Gasteiger partial charge in [-0.1, -0.05) is 0 Å². The molecule has 6 heteroatoms. The van der Waals surface area contributed by atoms with Gasteiger partial charge >= 0.3 is 0 Å². The second-order valence-electron chi connectivity index (χ2n) is 7.38. The zero-order chi connectivity index (χ0) is 17.8. The van der Waals surface area contributed by atoms with Crippen molar-refractivity contribution in [2.24, 2.45) is 0 Å². The number of hydrogen-bond donors (Lipinski definition) is 1. The second-order valence-corrected chi connectivity index (χ2v) is 7.38. The molecule has 0 spiro atoms. The largest absolute Gasteiger partial charge is 0.392 e. The molecule has 0 aliphatic carbocycles. The van der Waals surface area contributed by atoms with Crippen LogP contribution >= 0.6 is 0 Å². The first-order chi connectivity index (χ1) is 12.0. The number of piperazine rings is 1. The number of anilines is 1. The van der Waals surface area contributed by atoms with Crippen molar-refractivity contribution in [2.45, 2.75) is 45.3 Å². The standard InChI is InChI=1S/C19H30N4O2/c1-15-5-3-4-8-23(15)18-13-17(6-7-20-18)19(25)22-11-9-21(10-12-22)14-16(2)24/h6-7,13,15-16,24H,3-5,8-12,14H2,1-2H3/t15-,16-/m1/s1. The van der Waals surface area contributed by atoms with Crippen molar-refractivity contribution >= 4 is 11.7 Å². The van der Waals surface area contributed by atoms with Gasteiger partial charge in [0.25, 0.3) is 5.91 Å². The SMILES string of the molecule is C[C@@H]1CCCCN1c1cc(C(=O)N2CCN(C[C@@H](C)O)CC2)ccn1. The van der Waals surface area contributed by atoms with Crippen LogP contribution in [0.1, 0.15) is 43.5 Å². The van der Waals surface area contributed by atoms with Crippen LogP contribution in [-0.2, 0) is 0 Å². The Hall–Kier alpha value is -1.66. The lowest BCUT2D eigenvalue weighted by atomic mass is 10.0. The zero-order valence-electron chi connectivity index (χ0n) is 15.4. The first-order valence-electron chi connectivity index (χ1n) is 9.47. The normalized spacial score (nSPS) is 23.6. The van der Waals surface area contributed by atoms with Gasteiger partial charge in [0.05, 0.1) is 6.10 Å². The van der Waals surface area contributed by atoms with Crippen molar-refractivity contribution in [2.75, 3.05) is 44.2 Å². The van der Waals surface area contributed by atoms with Gasteiger partial charge in [-0.15, -0.1) is 0 Å². The van der Waals surface area contributed by atoms with Gasteiger partial charge in [-0.3, -0.25) is 9.69 Å². The molecule has 6 nitrogen and oxygen atoms in total. The van der Waals surface area contributed by atoms with Crippen LogP contribution in [0.4, 0.5) is 5.82 Å². The number of carbonyl (C=O) groups is 1. The summed E-state index contributed by atoms with van der Waals surface area (Å²) in [5.41, 5.74) is 0.728. The average Bonchev–Trinajstić information content (AvgIpc) is 2.62. The molecule has 2 fully saturated rings. The topological polar surface area (TPSA) is 59.9 Å². The van der Waals surface area contributed by atoms with Gasteiger partial charge in [0.15, 0.2) is 0 Å². The van der Waals surface area contributed by atoms with Crippen LogP contribution in [0.15, 0.2) is 18.3 Å². The number of hydrogen-bond acceptors (Lipinski definition) is 5. The van der Waals surface area contributed by atoms with E-state index in [2.05, 4.69) is 21.7 Å². The van der Waals surface area contributed by atoms with Crippen molar-refractivity contribution in [1.29, 1.82) is 0 Å². The molecule has 0 bridgehead atoms. The van der Waals surface area contributed by atoms with Gasteiger partial charge in [-0.25, -0.2) is 4.98 Å². The van der Waals surface area contributed by atoms with E-state index >= 15 is 0 Å². The van der Waals surface area contributed by atoms with E-state index in [9.17, 15) is 9.90 Å². The highest BCUT2D eigenvalue weighted by atomic mass is 16.3. The molecular formula is C19H30N4O2. The lowest BCUT2D eigenvalue weighted by Crippen LogP contribution is -2.50. The molecule has 2 atom stereocenters. The maximum atomic E-state index is 12.9. The monoisotopic (exact) mass is 346 g/mol. The number of amides is 1. The minimum Gasteiger partial charge on any atom is -0.392 e. The van der Waals surface area contributed by atoms with Gasteiger partial charge in [0, 0.05) is 57.1 Å². The first kappa shape index (κ1) is 18.1. The second kappa shape index (κ2) is 8.15. The number of carbonyl (C=O) groups excluding carboxylic acids is 1. The van der Waals surface area contributed by atoms with Crippen LogP contribution in [0.3, 0.4) is 0 Å². The van der Waals surface area contributed by atoms with Gasteiger partial charge in [0.1, 0.15) is 5.82 Å². The summed E-state index contributed by atoms with van der Waals surface area (Å²) in [4.78, 5) is 23.8. The average molecular weight is 346 g/mol. The summed E-state index contributed by atoms with van der Waals surface area (Å²) in [7, 11) is 0. The maximum Gasteiger partial charge on any atom is 0.254 e. The van der Waals surface area contributed by atoms with Crippen molar-refractivity contribution in [3.63, 3.8) is 0 Å². The Kier molecular flexibility index (Phi) is 5.91. The minimum absolute atomic E-state index is 0.0880. The summed E-state index contributed by atoms with van der Waals surface area (Å²) < 4.78 is 0. The maximum absolute atomic E-state index is 12.9. The van der Waals surface area contributed by atoms with Crippen LogP contribution in [0.25, 0.3) is 0 Å². The van der Waals surface area contributed by atoms with Crippen molar-refractivity contribution in [3.05, 3.63) is 23.9 Å². The third-order valence-electron chi connectivity index (χ3n) is 5.27. The van der Waals surface area contributed by atoms with E-state index in [4.69, 9.17) is 0 Å². The molecule has 138 valence electrons. The van der Waals surface area contributed by atoms with E-state index in [1.165, 1.54) is 19.3 Å². The van der Waals surface area contributed by atoms with Crippen molar-refractivity contribution < 1.29 is 9.90 Å². The summed E-state index contributed by atoms with van der Waals surface area (Å²) in [5.74, 6) is 1.01. The molecule has 0 radical (unpaired) electrons. The Bertz CT molecular complexity index is 585. The fourth-order valence-electron chi connectivity index (χ4n) is 3.84. The number of β-amino-alcohol motifs (C(OH)–C–C–N with tert-alkyl or cyclic N) is 1. The predicted octanol–water partition coefficient (Wildman–Crippen LogP) is 1.60. The number of aromatic nitrogens is 1. The van der Waals surface area contributed by atoms with E-state index < -0.39 is 0 Å². The highest BCUT2D eigenvalue weighted by Crippen LogP contribution is 2.24. The third-order valence-corrected chi connectivity index (χ3v) is 5.27. The van der Waals surface area contributed by atoms with Gasteiger partial charge in [-0.05, 0) is 45.2 Å². The van der Waals surface area contributed by atoms with E-state index in [1.54, 1.807) is 13.1 Å². The molecule has 0 saturated carbocycles. The predicted molar refractivity (Wildman–Crippen MR) is 98.9 cm³/mol. The van der Waals surface area contributed by atoms with Gasteiger partial charge in [-0.2, -0.15) is 0 Å². The van der Waals surface area contributed by atoms with Crippen LogP contribution in [0, 0.1) is 0 Å². The summed E-state index contributed by atoms with van der Waals surface area (Å²) in [6.45, 7) is 8.79. The van der Waals surface area contributed by atoms with E-state index in [0.29, 0.717) is 25.7 Å². The van der Waals surface area contributed by atoms with E-state index in [1.807, 2.05) is 17.0 Å². The summed E-state index contributed by atoms with van der Waals surface area (Å²) in [6.07, 6.45) is 5.08. The summed E-state index contributed by atoms with van der Waals surface area (Å²) in [6, 6.07) is 4.25. The molecule has 0 aromatic carbocycles. The Balaban J connectivity index is 1.64. The molecule has 1 amide bonds. The van der Waals surface area contributed by atoms with Crippen molar-refractivity contribution in [3.8, 4) is 0 Å². The zero-order valence-corrected chi connectivity index (χ0v) is 15.4. The molecule has 2 saturated heterocycles. The van der Waals surface area contributed by atoms with Crippen LogP contribution in [0.2, 0.25) is 0 Å². The molecule has 1 aromatic heterocycles. The molecule has 0 unspecified atom stereocenters. The summed E-state index contributed by atoms with van der Waals surface area (Å²) in [5, 5.41) is 9.50. The van der Waals surface area contributed by atoms with Crippen LogP contribution in [-0.4, -0.2) is 77.2 Å². The Morgan fingerprint density at radius 1 is 1.28 bits per heavy atom. The third kappa shape index (κ3) is 4.50. The molecule has 1 N–H and O–H groups in total. The molecule has 2 aliphatic heterocycles. The number of pyridine rings is 1. The lowest BCUT2D eigenvalue weighted by molar-refractivity contribution is 0.0554. The highest BCUT2D eigenvalue weighted by molar-refractivity contribution is 5.95. The van der Waals surface area contributed by atoms with Crippen LogP contribution in [0.5, 0.6) is 0 Å². The number of aliphatic hydroxyl groups excluding tert-OH is 1. The first-order valence-corrected chi connectivity index (χ1v) is 9.47. The number of nitrogens with zero attached hydrogens (tertiary/aromatic N) is 4. The Labute approximate surface area is 150 Å². The van der Waals surface area contributed by atoms with Crippen LogP contribution < -0.4 is 4.90 Å².